The SMILES string of the molecule is COc1ccc(C=O)cc1CN1CC(=O)N(Cc2cccc(F)c2)c2ccccc2S1(=O)=O. The van der Waals surface area contributed by atoms with Crippen LogP contribution in [-0.2, 0) is 27.9 Å². The molecular weight excluding hydrogens is 447 g/mol. The molecule has 0 atom stereocenters. The molecule has 3 aromatic rings. The number of methoxy groups -OCH3 is 1. The lowest BCUT2D eigenvalue weighted by Gasteiger charge is -2.22. The summed E-state index contributed by atoms with van der Waals surface area (Å²) in [7, 11) is -2.63. The second-order valence-electron chi connectivity index (χ2n) is 7.54. The summed E-state index contributed by atoms with van der Waals surface area (Å²) in [6.45, 7) is -0.581. The van der Waals surface area contributed by atoms with Gasteiger partial charge in [-0.3, -0.25) is 9.59 Å². The van der Waals surface area contributed by atoms with E-state index in [0.29, 0.717) is 28.7 Å². The summed E-state index contributed by atoms with van der Waals surface area (Å²) in [5.41, 5.74) is 1.57. The summed E-state index contributed by atoms with van der Waals surface area (Å²) in [5, 5.41) is 0. The number of aldehydes is 1. The van der Waals surface area contributed by atoms with Crippen LogP contribution in [0.2, 0.25) is 0 Å². The van der Waals surface area contributed by atoms with Crippen LogP contribution in [0.25, 0.3) is 0 Å². The molecule has 0 spiro atoms. The van der Waals surface area contributed by atoms with Gasteiger partial charge in [0.2, 0.25) is 15.9 Å². The Morgan fingerprint density at radius 1 is 1.03 bits per heavy atom. The predicted octanol–water partition coefficient (Wildman–Crippen LogP) is 3.38. The van der Waals surface area contributed by atoms with Gasteiger partial charge in [-0.2, -0.15) is 4.31 Å². The Labute approximate surface area is 191 Å². The maximum atomic E-state index is 13.7. The standard InChI is InChI=1S/C24H21FN2O5S/c1-32-22-10-9-18(16-28)11-19(22)14-26-15-24(29)27(13-17-5-4-6-20(25)12-17)21-7-2-3-8-23(21)33(26,30)31/h2-12,16H,13-15H2,1H3. The molecule has 7 nitrogen and oxygen atoms in total. The average molecular weight is 469 g/mol. The summed E-state index contributed by atoms with van der Waals surface area (Å²) in [4.78, 5) is 25.8. The summed E-state index contributed by atoms with van der Waals surface area (Å²) in [6.07, 6.45) is 0.654. The first-order chi connectivity index (χ1) is 15.8. The number of carbonyl (C=O) groups is 2. The number of halogens is 1. The Balaban J connectivity index is 1.77. The quantitative estimate of drug-likeness (QED) is 0.518. The van der Waals surface area contributed by atoms with Crippen LogP contribution >= 0.6 is 0 Å². The van der Waals surface area contributed by atoms with E-state index in [1.165, 1.54) is 42.3 Å². The second kappa shape index (κ2) is 9.13. The maximum absolute atomic E-state index is 13.7. The molecule has 4 rings (SSSR count). The third-order valence-corrected chi connectivity index (χ3v) is 7.24. The summed E-state index contributed by atoms with van der Waals surface area (Å²) >= 11 is 0. The van der Waals surface area contributed by atoms with E-state index < -0.39 is 28.3 Å². The van der Waals surface area contributed by atoms with Crippen molar-refractivity contribution in [3.05, 3.63) is 89.2 Å². The molecule has 0 aromatic heterocycles. The number of amides is 1. The molecule has 0 saturated heterocycles. The molecule has 9 heteroatoms. The molecule has 1 amide bonds. The van der Waals surface area contributed by atoms with Gasteiger partial charge in [0.1, 0.15) is 22.7 Å². The highest BCUT2D eigenvalue weighted by Gasteiger charge is 2.37. The summed E-state index contributed by atoms with van der Waals surface area (Å²) in [5.74, 6) is -0.504. The summed E-state index contributed by atoms with van der Waals surface area (Å²) < 4.78 is 47.2. The van der Waals surface area contributed by atoms with E-state index in [-0.39, 0.29) is 23.7 Å². The Morgan fingerprint density at radius 2 is 1.82 bits per heavy atom. The van der Waals surface area contributed by atoms with Gasteiger partial charge < -0.3 is 9.64 Å². The molecule has 0 unspecified atom stereocenters. The van der Waals surface area contributed by atoms with Crippen molar-refractivity contribution < 1.29 is 27.1 Å². The van der Waals surface area contributed by atoms with Gasteiger partial charge in [0.05, 0.1) is 25.9 Å². The lowest BCUT2D eigenvalue weighted by Crippen LogP contribution is -2.38. The highest BCUT2D eigenvalue weighted by molar-refractivity contribution is 7.89. The highest BCUT2D eigenvalue weighted by Crippen LogP contribution is 2.34. The van der Waals surface area contributed by atoms with Gasteiger partial charge in [-0.05, 0) is 48.0 Å². The molecule has 0 bridgehead atoms. The first-order valence-electron chi connectivity index (χ1n) is 10.1. The summed E-state index contributed by atoms with van der Waals surface area (Å²) in [6, 6.07) is 16.7. The monoisotopic (exact) mass is 468 g/mol. The van der Waals surface area contributed by atoms with Crippen LogP contribution in [0.15, 0.2) is 71.6 Å². The minimum absolute atomic E-state index is 0.0148. The fraction of sp³-hybridized carbons (Fsp3) is 0.167. The van der Waals surface area contributed by atoms with E-state index in [0.717, 1.165) is 4.31 Å². The van der Waals surface area contributed by atoms with Gasteiger partial charge >= 0.3 is 0 Å². The molecule has 0 aliphatic carbocycles. The van der Waals surface area contributed by atoms with Gasteiger partial charge in [-0.25, -0.2) is 12.8 Å². The third-order valence-electron chi connectivity index (χ3n) is 5.40. The van der Waals surface area contributed by atoms with E-state index >= 15 is 0 Å². The number of carbonyl (C=O) groups excluding carboxylic acids is 2. The molecular formula is C24H21FN2O5S. The number of benzene rings is 3. The van der Waals surface area contributed by atoms with Gasteiger partial charge in [0, 0.05) is 17.7 Å². The number of fused-ring (bicyclic) bond motifs is 1. The minimum atomic E-state index is -4.08. The second-order valence-corrected chi connectivity index (χ2v) is 9.45. The molecule has 170 valence electrons. The van der Waals surface area contributed by atoms with Crippen molar-refractivity contribution in [2.24, 2.45) is 0 Å². The van der Waals surface area contributed by atoms with Gasteiger partial charge in [0.25, 0.3) is 0 Å². The van der Waals surface area contributed by atoms with Gasteiger partial charge in [-0.15, -0.1) is 0 Å². The fourth-order valence-electron chi connectivity index (χ4n) is 3.81. The number of nitrogens with zero attached hydrogens (tertiary/aromatic N) is 2. The molecule has 1 aliphatic rings. The topological polar surface area (TPSA) is 84.0 Å². The van der Waals surface area contributed by atoms with Gasteiger partial charge in [0.15, 0.2) is 0 Å². The Kier molecular flexibility index (Phi) is 6.26. The predicted molar refractivity (Wildman–Crippen MR) is 120 cm³/mol. The zero-order valence-electron chi connectivity index (χ0n) is 17.8. The van der Waals surface area contributed by atoms with Crippen molar-refractivity contribution in [3.63, 3.8) is 0 Å². The van der Waals surface area contributed by atoms with Crippen LogP contribution < -0.4 is 9.64 Å². The number of hydrogen-bond donors (Lipinski definition) is 0. The maximum Gasteiger partial charge on any atom is 0.245 e. The molecule has 33 heavy (non-hydrogen) atoms. The molecule has 0 radical (unpaired) electrons. The van der Waals surface area contributed by atoms with Crippen LogP contribution in [-0.4, -0.2) is 38.6 Å². The Bertz CT molecular complexity index is 1330. The number of anilines is 1. The smallest absolute Gasteiger partial charge is 0.245 e. The average Bonchev–Trinajstić information content (AvgIpc) is 2.88. The first-order valence-corrected chi connectivity index (χ1v) is 11.5. The normalized spacial score (nSPS) is 15.6. The number of ether oxygens (including phenoxy) is 1. The van der Waals surface area contributed by atoms with E-state index in [1.807, 2.05) is 0 Å². The van der Waals surface area contributed by atoms with Crippen molar-refractivity contribution in [1.29, 1.82) is 0 Å². The molecule has 1 aliphatic heterocycles. The van der Waals surface area contributed by atoms with Crippen molar-refractivity contribution >= 4 is 27.9 Å². The van der Waals surface area contributed by atoms with Gasteiger partial charge in [-0.1, -0.05) is 24.3 Å². The van der Waals surface area contributed by atoms with E-state index in [2.05, 4.69) is 0 Å². The fourth-order valence-corrected chi connectivity index (χ4v) is 5.37. The Hall–Kier alpha value is -3.56. The van der Waals surface area contributed by atoms with Crippen LogP contribution in [0, 0.1) is 5.82 Å². The van der Waals surface area contributed by atoms with Crippen LogP contribution in [0.1, 0.15) is 21.5 Å². The lowest BCUT2D eigenvalue weighted by atomic mass is 10.1. The number of sulfonamides is 1. The van der Waals surface area contributed by atoms with Crippen molar-refractivity contribution in [1.82, 2.24) is 4.31 Å². The van der Waals surface area contributed by atoms with Crippen molar-refractivity contribution in [2.75, 3.05) is 18.6 Å². The lowest BCUT2D eigenvalue weighted by molar-refractivity contribution is -0.119. The van der Waals surface area contributed by atoms with Crippen LogP contribution in [0.5, 0.6) is 5.75 Å². The van der Waals surface area contributed by atoms with Crippen molar-refractivity contribution in [3.8, 4) is 5.75 Å². The van der Waals surface area contributed by atoms with E-state index in [1.54, 1.807) is 36.4 Å². The first kappa shape index (κ1) is 22.6. The van der Waals surface area contributed by atoms with E-state index in [4.69, 9.17) is 4.74 Å². The highest BCUT2D eigenvalue weighted by atomic mass is 32.2. The number of rotatable bonds is 6. The molecule has 0 saturated carbocycles. The van der Waals surface area contributed by atoms with E-state index in [9.17, 15) is 22.4 Å². The number of para-hydroxylation sites is 1. The minimum Gasteiger partial charge on any atom is -0.496 e. The van der Waals surface area contributed by atoms with Crippen LogP contribution in [0.4, 0.5) is 10.1 Å². The van der Waals surface area contributed by atoms with Crippen LogP contribution in [0.3, 0.4) is 0 Å². The van der Waals surface area contributed by atoms with Crippen molar-refractivity contribution in [2.45, 2.75) is 18.0 Å². The molecule has 3 aromatic carbocycles. The molecule has 1 heterocycles. The third kappa shape index (κ3) is 4.50. The number of hydrogen-bond acceptors (Lipinski definition) is 5. The largest absolute Gasteiger partial charge is 0.496 e. The Morgan fingerprint density at radius 3 is 2.55 bits per heavy atom. The molecule has 0 fully saturated rings. The molecule has 0 N–H and O–H groups in total. The zero-order valence-corrected chi connectivity index (χ0v) is 18.6. The zero-order chi connectivity index (χ0) is 23.6.